The van der Waals surface area contributed by atoms with Gasteiger partial charge in [-0.3, -0.25) is 9.59 Å². The number of rotatable bonds is 3. The maximum Gasteiger partial charge on any atom is 0.417 e. The van der Waals surface area contributed by atoms with Crippen LogP contribution >= 0.6 is 11.6 Å². The summed E-state index contributed by atoms with van der Waals surface area (Å²) in [6.07, 6.45) is -4.54. The first kappa shape index (κ1) is 17.6. The van der Waals surface area contributed by atoms with Crippen LogP contribution in [0.4, 0.5) is 18.9 Å². The summed E-state index contributed by atoms with van der Waals surface area (Å²) in [5.74, 6) is -1.18. The predicted octanol–water partition coefficient (Wildman–Crippen LogP) is 3.55. The number of halogens is 4. The zero-order valence-corrected chi connectivity index (χ0v) is 13.3. The van der Waals surface area contributed by atoms with Gasteiger partial charge < -0.3 is 10.2 Å². The van der Waals surface area contributed by atoms with Gasteiger partial charge >= 0.3 is 6.18 Å². The number of nitrogens with one attached hydrogen (secondary N) is 1. The lowest BCUT2D eigenvalue weighted by atomic mass is 10.1. The van der Waals surface area contributed by atoms with Crippen LogP contribution in [0.2, 0.25) is 5.02 Å². The molecule has 1 saturated heterocycles. The van der Waals surface area contributed by atoms with Gasteiger partial charge in [0.15, 0.2) is 0 Å². The third-order valence-corrected chi connectivity index (χ3v) is 4.02. The number of amides is 2. The predicted molar refractivity (Wildman–Crippen MR) is 80.0 cm³/mol. The molecule has 4 nitrogen and oxygen atoms in total. The minimum Gasteiger partial charge on any atom is -0.339 e. The largest absolute Gasteiger partial charge is 0.417 e. The van der Waals surface area contributed by atoms with E-state index >= 15 is 0 Å². The lowest BCUT2D eigenvalue weighted by molar-refractivity contribution is -0.137. The molecule has 23 heavy (non-hydrogen) atoms. The molecule has 1 aliphatic heterocycles. The summed E-state index contributed by atoms with van der Waals surface area (Å²) < 4.78 is 38.4. The molecule has 1 unspecified atom stereocenters. The molecule has 1 heterocycles. The lowest BCUT2D eigenvalue weighted by Gasteiger charge is -2.20. The monoisotopic (exact) mass is 348 g/mol. The van der Waals surface area contributed by atoms with E-state index < -0.39 is 28.6 Å². The van der Waals surface area contributed by atoms with E-state index in [-0.39, 0.29) is 30.6 Å². The summed E-state index contributed by atoms with van der Waals surface area (Å²) in [6, 6.07) is 3.15. The molecule has 0 bridgehead atoms. The highest BCUT2D eigenvalue weighted by Crippen LogP contribution is 2.36. The summed E-state index contributed by atoms with van der Waals surface area (Å²) in [6.45, 7) is 3.95. The number of benzene rings is 1. The number of anilines is 1. The number of carbonyl (C=O) groups excluding carboxylic acids is 2. The standard InChI is InChI=1S/C15H16ClF3N2O2/c1-8(2)21-7-9(5-13(21)22)14(23)20-10-3-4-12(16)11(6-10)15(17,18)19/h3-4,6,8-9H,5,7H2,1-2H3,(H,20,23). The first-order valence-corrected chi connectivity index (χ1v) is 7.44. The van der Waals surface area contributed by atoms with Crippen molar-refractivity contribution in [3.05, 3.63) is 28.8 Å². The van der Waals surface area contributed by atoms with E-state index in [1.807, 2.05) is 13.8 Å². The highest BCUT2D eigenvalue weighted by Gasteiger charge is 2.36. The molecular weight excluding hydrogens is 333 g/mol. The third kappa shape index (κ3) is 3.96. The Morgan fingerprint density at radius 2 is 2.04 bits per heavy atom. The van der Waals surface area contributed by atoms with Crippen LogP contribution in [0.15, 0.2) is 18.2 Å². The average molecular weight is 349 g/mol. The Bertz CT molecular complexity index is 632. The molecule has 8 heteroatoms. The molecule has 0 saturated carbocycles. The van der Waals surface area contributed by atoms with E-state index in [9.17, 15) is 22.8 Å². The summed E-state index contributed by atoms with van der Waals surface area (Å²) in [4.78, 5) is 25.5. The van der Waals surface area contributed by atoms with E-state index in [2.05, 4.69) is 5.32 Å². The fourth-order valence-corrected chi connectivity index (χ4v) is 2.70. The van der Waals surface area contributed by atoms with E-state index in [1.54, 1.807) is 4.90 Å². The van der Waals surface area contributed by atoms with Crippen molar-refractivity contribution in [1.29, 1.82) is 0 Å². The van der Waals surface area contributed by atoms with Crippen LogP contribution in [0.5, 0.6) is 0 Å². The van der Waals surface area contributed by atoms with Gasteiger partial charge in [-0.2, -0.15) is 13.2 Å². The van der Waals surface area contributed by atoms with Gasteiger partial charge in [0, 0.05) is 24.7 Å². The number of nitrogens with zero attached hydrogens (tertiary/aromatic N) is 1. The van der Waals surface area contributed by atoms with Gasteiger partial charge in [0.05, 0.1) is 16.5 Å². The fourth-order valence-electron chi connectivity index (χ4n) is 2.47. The highest BCUT2D eigenvalue weighted by molar-refractivity contribution is 6.31. The van der Waals surface area contributed by atoms with Gasteiger partial charge in [-0.15, -0.1) is 0 Å². The third-order valence-electron chi connectivity index (χ3n) is 3.69. The summed E-state index contributed by atoms with van der Waals surface area (Å²) >= 11 is 5.53. The van der Waals surface area contributed by atoms with Crippen LogP contribution in [-0.2, 0) is 15.8 Å². The molecule has 0 aromatic heterocycles. The molecule has 126 valence electrons. The van der Waals surface area contributed by atoms with Gasteiger partial charge in [-0.1, -0.05) is 11.6 Å². The quantitative estimate of drug-likeness (QED) is 0.908. The molecule has 1 fully saturated rings. The normalized spacial score (nSPS) is 18.7. The Morgan fingerprint density at radius 3 is 2.57 bits per heavy atom. The van der Waals surface area contributed by atoms with Gasteiger partial charge in [-0.25, -0.2) is 0 Å². The summed E-state index contributed by atoms with van der Waals surface area (Å²) in [5, 5.41) is 1.99. The maximum absolute atomic E-state index is 12.8. The van der Waals surface area contributed by atoms with E-state index in [0.717, 1.165) is 12.1 Å². The number of hydrogen-bond donors (Lipinski definition) is 1. The maximum atomic E-state index is 12.8. The molecule has 0 spiro atoms. The number of likely N-dealkylation sites (tertiary alicyclic amines) is 1. The van der Waals surface area contributed by atoms with Crippen molar-refractivity contribution in [2.75, 3.05) is 11.9 Å². The van der Waals surface area contributed by atoms with E-state index in [0.29, 0.717) is 0 Å². The van der Waals surface area contributed by atoms with Crippen molar-refractivity contribution in [2.45, 2.75) is 32.5 Å². The molecule has 2 amide bonds. The number of hydrogen-bond acceptors (Lipinski definition) is 2. The van der Waals surface area contributed by atoms with Crippen LogP contribution in [0.1, 0.15) is 25.8 Å². The molecule has 1 atom stereocenters. The first-order valence-electron chi connectivity index (χ1n) is 7.06. The SMILES string of the molecule is CC(C)N1CC(C(=O)Nc2ccc(Cl)c(C(F)(F)F)c2)CC1=O. The molecule has 2 rings (SSSR count). The van der Waals surface area contributed by atoms with Gasteiger partial charge in [0.25, 0.3) is 0 Å². The van der Waals surface area contributed by atoms with E-state index in [4.69, 9.17) is 11.6 Å². The number of alkyl halides is 3. The van der Waals surface area contributed by atoms with Crippen LogP contribution in [-0.4, -0.2) is 29.3 Å². The Labute approximate surface area is 136 Å². The minimum absolute atomic E-state index is 0.00201. The smallest absolute Gasteiger partial charge is 0.339 e. The lowest BCUT2D eigenvalue weighted by Crippen LogP contribution is -2.33. The Balaban J connectivity index is 2.11. The second-order valence-electron chi connectivity index (χ2n) is 5.72. The van der Waals surface area contributed by atoms with Crippen molar-refractivity contribution in [1.82, 2.24) is 4.90 Å². The Hall–Kier alpha value is -1.76. The second kappa shape index (κ2) is 6.39. The fraction of sp³-hybridized carbons (Fsp3) is 0.467. The topological polar surface area (TPSA) is 49.4 Å². The Morgan fingerprint density at radius 1 is 1.39 bits per heavy atom. The van der Waals surface area contributed by atoms with E-state index in [1.165, 1.54) is 6.07 Å². The zero-order chi connectivity index (χ0) is 17.4. The summed E-state index contributed by atoms with van der Waals surface area (Å²) in [5.41, 5.74) is -1.01. The molecule has 0 aliphatic carbocycles. The van der Waals surface area contributed by atoms with Crippen molar-refractivity contribution >= 4 is 29.1 Å². The molecule has 0 radical (unpaired) electrons. The van der Waals surface area contributed by atoms with Crippen molar-refractivity contribution < 1.29 is 22.8 Å². The number of carbonyl (C=O) groups is 2. The zero-order valence-electron chi connectivity index (χ0n) is 12.6. The van der Waals surface area contributed by atoms with Crippen LogP contribution in [0.25, 0.3) is 0 Å². The molecule has 1 aromatic rings. The van der Waals surface area contributed by atoms with Gasteiger partial charge in [0.2, 0.25) is 11.8 Å². The van der Waals surface area contributed by atoms with Gasteiger partial charge in [0.1, 0.15) is 0 Å². The van der Waals surface area contributed by atoms with Gasteiger partial charge in [-0.05, 0) is 32.0 Å². The minimum atomic E-state index is -4.60. The molecular formula is C15H16ClF3N2O2. The molecule has 1 aliphatic rings. The van der Waals surface area contributed by atoms with Crippen molar-refractivity contribution in [3.63, 3.8) is 0 Å². The first-order chi connectivity index (χ1) is 10.6. The van der Waals surface area contributed by atoms with Crippen LogP contribution in [0, 0.1) is 5.92 Å². The molecule has 1 N–H and O–H groups in total. The average Bonchev–Trinajstić information content (AvgIpc) is 2.82. The Kier molecular flexibility index (Phi) is 4.89. The highest BCUT2D eigenvalue weighted by atomic mass is 35.5. The van der Waals surface area contributed by atoms with Crippen molar-refractivity contribution in [3.8, 4) is 0 Å². The van der Waals surface area contributed by atoms with Crippen LogP contribution < -0.4 is 5.32 Å². The molecule has 1 aromatic carbocycles. The summed E-state index contributed by atoms with van der Waals surface area (Å²) in [7, 11) is 0. The van der Waals surface area contributed by atoms with Crippen LogP contribution in [0.3, 0.4) is 0 Å². The second-order valence-corrected chi connectivity index (χ2v) is 6.13. The van der Waals surface area contributed by atoms with Crippen molar-refractivity contribution in [2.24, 2.45) is 5.92 Å².